The number of halogens is 1. The van der Waals surface area contributed by atoms with Crippen LogP contribution in [0.1, 0.15) is 71.7 Å². The molecular weight excluding hydrogens is 464 g/mol. The predicted molar refractivity (Wildman–Crippen MR) is 140 cm³/mol. The Morgan fingerprint density at radius 1 is 1.12 bits per heavy atom. The quantitative estimate of drug-likeness (QED) is 0.376. The third kappa shape index (κ3) is 4.44. The van der Waals surface area contributed by atoms with Crippen LogP contribution in [-0.4, -0.2) is 5.91 Å². The first-order chi connectivity index (χ1) is 16.4. The summed E-state index contributed by atoms with van der Waals surface area (Å²) in [4.78, 5) is 14.5. The Morgan fingerprint density at radius 2 is 1.88 bits per heavy atom. The number of rotatable bonds is 6. The molecule has 2 heterocycles. The maximum atomic E-state index is 13.1. The van der Waals surface area contributed by atoms with E-state index < -0.39 is 0 Å². The Kier molecular flexibility index (Phi) is 6.34. The highest BCUT2D eigenvalue weighted by atomic mass is 35.5. The number of amides is 1. The fourth-order valence-corrected chi connectivity index (χ4v) is 6.50. The van der Waals surface area contributed by atoms with Crippen molar-refractivity contribution >= 4 is 33.8 Å². The van der Waals surface area contributed by atoms with Crippen molar-refractivity contribution in [2.75, 3.05) is 5.32 Å². The van der Waals surface area contributed by atoms with Crippen molar-refractivity contribution in [3.05, 3.63) is 80.7 Å². The lowest BCUT2D eigenvalue weighted by molar-refractivity contribution is 0.0934. The van der Waals surface area contributed by atoms with Gasteiger partial charge in [0.15, 0.2) is 0 Å². The molecule has 6 heteroatoms. The van der Waals surface area contributed by atoms with Crippen molar-refractivity contribution in [1.29, 1.82) is 0 Å². The molecule has 0 spiro atoms. The number of hydrogen-bond acceptors (Lipinski definition) is 4. The van der Waals surface area contributed by atoms with Gasteiger partial charge in [0.05, 0.1) is 5.56 Å². The standard InChI is InChI=1S/C28H31ClN2O2S/c1-4-28(2,3)19-11-14-21-23(15-19)34-27-24(21)26(32)30-25(31-27)17-9-12-20(13-10-17)33-16-18-7-5-6-8-22(18)29/h5-10,12-13,19,25,31H,4,11,14-16H2,1-3H3,(H,30,32)/t19-,25+/m0/s1. The van der Waals surface area contributed by atoms with Gasteiger partial charge in [0.2, 0.25) is 0 Å². The van der Waals surface area contributed by atoms with Crippen molar-refractivity contribution in [3.63, 3.8) is 0 Å². The molecule has 0 radical (unpaired) electrons. The van der Waals surface area contributed by atoms with Crippen LogP contribution in [0.5, 0.6) is 5.75 Å². The van der Waals surface area contributed by atoms with Crippen molar-refractivity contribution in [1.82, 2.24) is 5.32 Å². The molecule has 0 bridgehead atoms. The number of benzene rings is 2. The van der Waals surface area contributed by atoms with Crippen LogP contribution in [-0.2, 0) is 19.4 Å². The topological polar surface area (TPSA) is 50.4 Å². The molecule has 2 aromatic carbocycles. The average molecular weight is 495 g/mol. The highest BCUT2D eigenvalue weighted by molar-refractivity contribution is 7.16. The Balaban J connectivity index is 1.29. The van der Waals surface area contributed by atoms with Crippen molar-refractivity contribution in [2.45, 2.75) is 59.2 Å². The molecule has 2 N–H and O–H groups in total. The van der Waals surface area contributed by atoms with Gasteiger partial charge in [-0.25, -0.2) is 0 Å². The van der Waals surface area contributed by atoms with Gasteiger partial charge < -0.3 is 15.4 Å². The van der Waals surface area contributed by atoms with Crippen molar-refractivity contribution in [3.8, 4) is 5.75 Å². The van der Waals surface area contributed by atoms with Crippen LogP contribution in [0.4, 0.5) is 5.00 Å². The highest BCUT2D eigenvalue weighted by Crippen LogP contribution is 2.47. The molecule has 1 aliphatic carbocycles. The summed E-state index contributed by atoms with van der Waals surface area (Å²) in [5.74, 6) is 1.47. The SMILES string of the molecule is CCC(C)(C)[C@H]1CCc2c(sc3c2C(=O)N[C@@H](c2ccc(OCc4ccccc4Cl)cc2)N3)C1. The first-order valence-corrected chi connectivity index (χ1v) is 13.2. The monoisotopic (exact) mass is 494 g/mol. The number of ether oxygens (including phenoxy) is 1. The predicted octanol–water partition coefficient (Wildman–Crippen LogP) is 7.38. The van der Waals surface area contributed by atoms with E-state index in [0.29, 0.717) is 23.0 Å². The van der Waals surface area contributed by atoms with E-state index in [1.54, 1.807) is 11.3 Å². The highest BCUT2D eigenvalue weighted by Gasteiger charge is 2.37. The second kappa shape index (κ2) is 9.27. The van der Waals surface area contributed by atoms with Crippen LogP contribution in [0.25, 0.3) is 0 Å². The first kappa shape index (κ1) is 23.3. The van der Waals surface area contributed by atoms with Gasteiger partial charge in [-0.1, -0.05) is 69.1 Å². The molecule has 0 unspecified atom stereocenters. The summed E-state index contributed by atoms with van der Waals surface area (Å²) in [7, 11) is 0. The molecule has 2 aliphatic rings. The van der Waals surface area contributed by atoms with Gasteiger partial charge in [0.1, 0.15) is 23.5 Å². The zero-order valence-corrected chi connectivity index (χ0v) is 21.5. The van der Waals surface area contributed by atoms with Crippen LogP contribution in [0.3, 0.4) is 0 Å². The Labute approximate surface area is 210 Å². The maximum absolute atomic E-state index is 13.1. The number of anilines is 1. The number of nitrogens with one attached hydrogen (secondary N) is 2. The Morgan fingerprint density at radius 3 is 2.62 bits per heavy atom. The Hall–Kier alpha value is -2.50. The third-order valence-corrected chi connectivity index (χ3v) is 9.18. The number of carbonyl (C=O) groups is 1. The van der Waals surface area contributed by atoms with Gasteiger partial charge in [-0.3, -0.25) is 4.79 Å². The second-order valence-corrected chi connectivity index (χ2v) is 11.5. The van der Waals surface area contributed by atoms with Gasteiger partial charge in [-0.15, -0.1) is 11.3 Å². The summed E-state index contributed by atoms with van der Waals surface area (Å²) in [6, 6.07) is 15.6. The lowest BCUT2D eigenvalue weighted by atomic mass is 9.69. The largest absolute Gasteiger partial charge is 0.489 e. The van der Waals surface area contributed by atoms with Crippen molar-refractivity contribution < 1.29 is 9.53 Å². The molecule has 0 fully saturated rings. The minimum absolute atomic E-state index is 0.0310. The molecule has 0 saturated heterocycles. The molecular formula is C28H31ClN2O2S. The van der Waals surface area contributed by atoms with Gasteiger partial charge >= 0.3 is 0 Å². The second-order valence-electron chi connectivity index (χ2n) is 9.99. The van der Waals surface area contributed by atoms with E-state index >= 15 is 0 Å². The minimum atomic E-state index is -0.249. The molecule has 2 atom stereocenters. The van der Waals surface area contributed by atoms with Crippen LogP contribution < -0.4 is 15.4 Å². The normalized spacial score (nSPS) is 19.6. The van der Waals surface area contributed by atoms with Crippen LogP contribution in [0, 0.1) is 11.3 Å². The number of fused-ring (bicyclic) bond motifs is 3. The molecule has 34 heavy (non-hydrogen) atoms. The van der Waals surface area contributed by atoms with Gasteiger partial charge in [0, 0.05) is 15.5 Å². The molecule has 3 aromatic rings. The smallest absolute Gasteiger partial charge is 0.256 e. The van der Waals surface area contributed by atoms with Gasteiger partial charge in [-0.2, -0.15) is 0 Å². The molecule has 4 nitrogen and oxygen atoms in total. The van der Waals surface area contributed by atoms with E-state index in [-0.39, 0.29) is 12.1 Å². The summed E-state index contributed by atoms with van der Waals surface area (Å²) in [6.07, 6.45) is 4.15. The summed E-state index contributed by atoms with van der Waals surface area (Å²) in [5, 5.41) is 8.45. The van der Waals surface area contributed by atoms with E-state index in [9.17, 15) is 4.79 Å². The maximum Gasteiger partial charge on any atom is 0.256 e. The summed E-state index contributed by atoms with van der Waals surface area (Å²) < 4.78 is 5.90. The lowest BCUT2D eigenvalue weighted by Crippen LogP contribution is -2.38. The third-order valence-electron chi connectivity index (χ3n) is 7.63. The van der Waals surface area contributed by atoms with Crippen LogP contribution >= 0.6 is 22.9 Å². The van der Waals surface area contributed by atoms with Crippen LogP contribution in [0.2, 0.25) is 5.02 Å². The minimum Gasteiger partial charge on any atom is -0.489 e. The number of hydrogen-bond donors (Lipinski definition) is 2. The number of carbonyl (C=O) groups excluding carboxylic acids is 1. The zero-order chi connectivity index (χ0) is 23.9. The molecule has 5 rings (SSSR count). The van der Waals surface area contributed by atoms with Gasteiger partial charge in [0.25, 0.3) is 5.91 Å². The number of thiophene rings is 1. The summed E-state index contributed by atoms with van der Waals surface area (Å²) >= 11 is 7.99. The average Bonchev–Trinajstić information content (AvgIpc) is 3.22. The molecule has 0 saturated carbocycles. The van der Waals surface area contributed by atoms with E-state index in [2.05, 4.69) is 31.4 Å². The molecule has 178 valence electrons. The van der Waals surface area contributed by atoms with E-state index in [1.807, 2.05) is 48.5 Å². The fraction of sp³-hybridized carbons (Fsp3) is 0.393. The first-order valence-electron chi connectivity index (χ1n) is 12.0. The Bertz CT molecular complexity index is 1200. The van der Waals surface area contributed by atoms with Crippen LogP contribution in [0.15, 0.2) is 48.5 Å². The summed E-state index contributed by atoms with van der Waals surface area (Å²) in [5.41, 5.74) is 4.41. The van der Waals surface area contributed by atoms with Gasteiger partial charge in [-0.05, 0) is 59.9 Å². The molecule has 1 aromatic heterocycles. The van der Waals surface area contributed by atoms with E-state index in [0.717, 1.165) is 46.7 Å². The van der Waals surface area contributed by atoms with E-state index in [4.69, 9.17) is 16.3 Å². The van der Waals surface area contributed by atoms with E-state index in [1.165, 1.54) is 16.9 Å². The fourth-order valence-electron chi connectivity index (χ4n) is 4.95. The van der Waals surface area contributed by atoms with Crippen molar-refractivity contribution in [2.24, 2.45) is 11.3 Å². The zero-order valence-electron chi connectivity index (χ0n) is 19.9. The summed E-state index contributed by atoms with van der Waals surface area (Å²) in [6.45, 7) is 7.44. The molecule has 1 amide bonds. The molecule has 1 aliphatic heterocycles. The lowest BCUT2D eigenvalue weighted by Gasteiger charge is -2.36.